The van der Waals surface area contributed by atoms with Crippen LogP contribution in [-0.2, 0) is 4.79 Å². The molecule has 0 radical (unpaired) electrons. The van der Waals surface area contributed by atoms with Gasteiger partial charge in [-0.2, -0.15) is 0 Å². The fraction of sp³-hybridized carbons (Fsp3) is 0.0526. The molecule has 3 N–H and O–H groups in total. The van der Waals surface area contributed by atoms with E-state index in [9.17, 15) is 14.7 Å². The molecule has 3 aromatic carbocycles. The van der Waals surface area contributed by atoms with E-state index in [0.717, 1.165) is 10.8 Å². The van der Waals surface area contributed by atoms with Crippen molar-refractivity contribution in [2.24, 2.45) is 0 Å². The molecule has 0 spiro atoms. The highest BCUT2D eigenvalue weighted by Gasteiger charge is 2.22. The second-order valence-electron chi connectivity index (χ2n) is 5.31. The summed E-state index contributed by atoms with van der Waals surface area (Å²) in [6, 6.07) is 19.3. The van der Waals surface area contributed by atoms with Crippen LogP contribution in [0, 0.1) is 0 Å². The monoisotopic (exact) mass is 321 g/mol. The van der Waals surface area contributed by atoms with Gasteiger partial charge >= 0.3 is 5.97 Å². The quantitative estimate of drug-likeness (QED) is 0.688. The second kappa shape index (κ2) is 6.52. The lowest BCUT2D eigenvalue weighted by molar-refractivity contribution is -0.146. The molecular weight excluding hydrogens is 306 g/mol. The number of carbonyl (C=O) groups is 2. The van der Waals surface area contributed by atoms with Gasteiger partial charge in [-0.1, -0.05) is 54.6 Å². The zero-order chi connectivity index (χ0) is 17.1. The summed E-state index contributed by atoms with van der Waals surface area (Å²) < 4.78 is 0. The average Bonchev–Trinajstić information content (AvgIpc) is 2.61. The third kappa shape index (κ3) is 2.98. The minimum absolute atomic E-state index is 0.0581. The van der Waals surface area contributed by atoms with Crippen molar-refractivity contribution in [3.8, 4) is 0 Å². The molecule has 0 aliphatic rings. The Labute approximate surface area is 138 Å². The number of hydrogen-bond acceptors (Lipinski definition) is 3. The maximum Gasteiger partial charge on any atom is 0.337 e. The van der Waals surface area contributed by atoms with Gasteiger partial charge in [-0.05, 0) is 17.5 Å². The van der Waals surface area contributed by atoms with E-state index in [0.29, 0.717) is 5.69 Å². The van der Waals surface area contributed by atoms with Gasteiger partial charge in [0.15, 0.2) is 6.10 Å². The largest absolute Gasteiger partial charge is 0.479 e. The third-order valence-electron chi connectivity index (χ3n) is 3.77. The van der Waals surface area contributed by atoms with E-state index >= 15 is 0 Å². The number of nitrogens with one attached hydrogen (secondary N) is 1. The van der Waals surface area contributed by atoms with E-state index in [1.165, 1.54) is 12.1 Å². The lowest BCUT2D eigenvalue weighted by Gasteiger charge is -2.13. The fourth-order valence-electron chi connectivity index (χ4n) is 2.60. The van der Waals surface area contributed by atoms with E-state index < -0.39 is 18.0 Å². The number of carbonyl (C=O) groups excluding carboxylic acids is 1. The Hall–Kier alpha value is -3.18. The SMILES string of the molecule is O=C(Nc1cccc2ccccc12)c1ccccc1[C@H](O)C(=O)O. The van der Waals surface area contributed by atoms with Crippen LogP contribution in [0.4, 0.5) is 5.69 Å². The number of aliphatic carboxylic acids is 1. The maximum absolute atomic E-state index is 12.6. The average molecular weight is 321 g/mol. The Bertz CT molecular complexity index is 915. The molecule has 0 aromatic heterocycles. The molecule has 0 saturated heterocycles. The Morgan fingerprint density at radius 3 is 2.33 bits per heavy atom. The van der Waals surface area contributed by atoms with E-state index in [1.807, 2.05) is 36.4 Å². The number of benzene rings is 3. The van der Waals surface area contributed by atoms with Gasteiger partial charge in [-0.15, -0.1) is 0 Å². The Morgan fingerprint density at radius 1 is 0.875 bits per heavy atom. The van der Waals surface area contributed by atoms with Crippen molar-refractivity contribution in [3.63, 3.8) is 0 Å². The van der Waals surface area contributed by atoms with Crippen LogP contribution in [-0.4, -0.2) is 22.1 Å². The zero-order valence-corrected chi connectivity index (χ0v) is 12.6. The van der Waals surface area contributed by atoms with Crippen molar-refractivity contribution < 1.29 is 19.8 Å². The van der Waals surface area contributed by atoms with Gasteiger partial charge in [0.05, 0.1) is 0 Å². The number of aliphatic hydroxyl groups excluding tert-OH is 1. The van der Waals surface area contributed by atoms with Crippen molar-refractivity contribution in [3.05, 3.63) is 77.9 Å². The van der Waals surface area contributed by atoms with Crippen LogP contribution < -0.4 is 5.32 Å². The van der Waals surface area contributed by atoms with Crippen LogP contribution in [0.2, 0.25) is 0 Å². The Morgan fingerprint density at radius 2 is 1.54 bits per heavy atom. The standard InChI is InChI=1S/C19H15NO4/c21-17(19(23)24)14-9-3-4-10-15(14)18(22)20-16-11-5-7-12-6-1-2-8-13(12)16/h1-11,17,21H,(H,20,22)(H,23,24)/t17-/m0/s1. The highest BCUT2D eigenvalue weighted by Crippen LogP contribution is 2.25. The number of amides is 1. The molecule has 1 atom stereocenters. The van der Waals surface area contributed by atoms with Gasteiger partial charge in [0.1, 0.15) is 0 Å². The molecule has 1 amide bonds. The molecular formula is C19H15NO4. The van der Waals surface area contributed by atoms with Gasteiger partial charge in [0.2, 0.25) is 0 Å². The summed E-state index contributed by atoms with van der Waals surface area (Å²) in [4.78, 5) is 23.6. The van der Waals surface area contributed by atoms with Crippen LogP contribution in [0.1, 0.15) is 22.0 Å². The normalized spacial score (nSPS) is 11.9. The van der Waals surface area contributed by atoms with Gasteiger partial charge in [0.25, 0.3) is 5.91 Å². The smallest absolute Gasteiger partial charge is 0.337 e. The number of carboxylic acid groups (broad SMARTS) is 1. The fourth-order valence-corrected chi connectivity index (χ4v) is 2.60. The summed E-state index contributed by atoms with van der Waals surface area (Å²) in [6.45, 7) is 0. The molecule has 3 rings (SSSR count). The third-order valence-corrected chi connectivity index (χ3v) is 3.77. The molecule has 0 aliphatic carbocycles. The zero-order valence-electron chi connectivity index (χ0n) is 12.6. The molecule has 5 nitrogen and oxygen atoms in total. The summed E-state index contributed by atoms with van der Waals surface area (Å²) in [5.41, 5.74) is 0.806. The van der Waals surface area contributed by atoms with Crippen LogP contribution >= 0.6 is 0 Å². The summed E-state index contributed by atoms with van der Waals surface area (Å²) in [5, 5.41) is 23.4. The molecule has 5 heteroatoms. The minimum Gasteiger partial charge on any atom is -0.479 e. The van der Waals surface area contributed by atoms with Gasteiger partial charge in [0, 0.05) is 22.2 Å². The minimum atomic E-state index is -1.75. The first kappa shape index (κ1) is 15.7. The van der Waals surface area contributed by atoms with Crippen molar-refractivity contribution in [2.75, 3.05) is 5.32 Å². The maximum atomic E-state index is 12.6. The van der Waals surface area contributed by atoms with Crippen LogP contribution in [0.3, 0.4) is 0 Å². The number of fused-ring (bicyclic) bond motifs is 1. The summed E-state index contributed by atoms with van der Waals surface area (Å²) in [7, 11) is 0. The van der Waals surface area contributed by atoms with Crippen molar-refractivity contribution in [1.29, 1.82) is 0 Å². The van der Waals surface area contributed by atoms with E-state index in [-0.39, 0.29) is 11.1 Å². The first-order valence-corrected chi connectivity index (χ1v) is 7.37. The Balaban J connectivity index is 1.97. The number of rotatable bonds is 4. The van der Waals surface area contributed by atoms with Crippen LogP contribution in [0.15, 0.2) is 66.7 Å². The molecule has 3 aromatic rings. The summed E-state index contributed by atoms with van der Waals surface area (Å²) in [6.07, 6.45) is -1.75. The molecule has 120 valence electrons. The van der Waals surface area contributed by atoms with Gasteiger partial charge in [-0.3, -0.25) is 4.79 Å². The number of carboxylic acids is 1. The molecule has 0 saturated carbocycles. The first-order chi connectivity index (χ1) is 11.6. The van der Waals surface area contributed by atoms with Crippen molar-refractivity contribution in [2.45, 2.75) is 6.10 Å². The molecule has 0 heterocycles. The van der Waals surface area contributed by atoms with Crippen molar-refractivity contribution >= 4 is 28.3 Å². The molecule has 0 unspecified atom stereocenters. The summed E-state index contributed by atoms with van der Waals surface area (Å²) in [5.74, 6) is -1.87. The first-order valence-electron chi connectivity index (χ1n) is 7.37. The lowest BCUT2D eigenvalue weighted by Crippen LogP contribution is -2.19. The number of aliphatic hydroxyl groups is 1. The Kier molecular flexibility index (Phi) is 4.26. The highest BCUT2D eigenvalue weighted by molar-refractivity contribution is 6.10. The van der Waals surface area contributed by atoms with Crippen molar-refractivity contribution in [1.82, 2.24) is 0 Å². The van der Waals surface area contributed by atoms with E-state index in [4.69, 9.17) is 5.11 Å². The van der Waals surface area contributed by atoms with Crippen LogP contribution in [0.25, 0.3) is 10.8 Å². The molecule has 0 aliphatic heterocycles. The number of anilines is 1. The molecule has 24 heavy (non-hydrogen) atoms. The van der Waals surface area contributed by atoms with Gasteiger partial charge in [-0.25, -0.2) is 4.79 Å². The van der Waals surface area contributed by atoms with E-state index in [1.54, 1.807) is 18.2 Å². The predicted molar refractivity (Wildman–Crippen MR) is 90.9 cm³/mol. The highest BCUT2D eigenvalue weighted by atomic mass is 16.4. The molecule has 0 fully saturated rings. The van der Waals surface area contributed by atoms with E-state index in [2.05, 4.69) is 5.32 Å². The summed E-state index contributed by atoms with van der Waals surface area (Å²) >= 11 is 0. The predicted octanol–water partition coefficient (Wildman–Crippen LogP) is 3.21. The van der Waals surface area contributed by atoms with Crippen LogP contribution in [0.5, 0.6) is 0 Å². The number of hydrogen-bond donors (Lipinski definition) is 3. The topological polar surface area (TPSA) is 86.6 Å². The lowest BCUT2D eigenvalue weighted by atomic mass is 10.0. The van der Waals surface area contributed by atoms with Gasteiger partial charge < -0.3 is 15.5 Å². The second-order valence-corrected chi connectivity index (χ2v) is 5.31. The molecule has 0 bridgehead atoms.